The quantitative estimate of drug-likeness (QED) is 0.163. The topological polar surface area (TPSA) is 69.9 Å². The van der Waals surface area contributed by atoms with Crippen LogP contribution in [0.4, 0.5) is 8.78 Å². The number of oxime groups is 1. The first-order valence-corrected chi connectivity index (χ1v) is 11.5. The van der Waals surface area contributed by atoms with Crippen LogP contribution in [0.1, 0.15) is 70.6 Å². The molecule has 0 aliphatic heterocycles. The summed E-state index contributed by atoms with van der Waals surface area (Å²) >= 11 is 1.41. The van der Waals surface area contributed by atoms with Gasteiger partial charge in [-0.1, -0.05) is 30.8 Å². The summed E-state index contributed by atoms with van der Waals surface area (Å²) in [6.07, 6.45) is 9.92. The van der Waals surface area contributed by atoms with Crippen LogP contribution in [0, 0.1) is 23.5 Å². The van der Waals surface area contributed by atoms with E-state index in [2.05, 4.69) is 5.16 Å². The summed E-state index contributed by atoms with van der Waals surface area (Å²) in [6, 6.07) is 3.67. The number of rotatable bonds is 13. The molecule has 1 aromatic carbocycles. The van der Waals surface area contributed by atoms with Crippen molar-refractivity contribution in [2.75, 3.05) is 5.75 Å². The lowest BCUT2D eigenvalue weighted by atomic mass is 9.86. The summed E-state index contributed by atoms with van der Waals surface area (Å²) in [7, 11) is 0. The predicted octanol–water partition coefficient (Wildman–Crippen LogP) is 6.51. The zero-order valence-corrected chi connectivity index (χ0v) is 17.6. The van der Waals surface area contributed by atoms with Crippen molar-refractivity contribution in [3.8, 4) is 0 Å². The third-order valence-electron chi connectivity index (χ3n) is 5.67. The van der Waals surface area contributed by atoms with Crippen LogP contribution in [0.5, 0.6) is 0 Å². The normalized spacial score (nSPS) is 20.4. The fourth-order valence-electron chi connectivity index (χ4n) is 4.14. The molecule has 2 rings (SSSR count). The van der Waals surface area contributed by atoms with Gasteiger partial charge >= 0.3 is 5.97 Å². The second kappa shape index (κ2) is 12.8. The molecule has 4 nitrogen and oxygen atoms in total. The maximum absolute atomic E-state index is 13.7. The maximum Gasteiger partial charge on any atom is 0.303 e. The van der Waals surface area contributed by atoms with Gasteiger partial charge in [0.15, 0.2) is 0 Å². The van der Waals surface area contributed by atoms with Crippen molar-refractivity contribution in [3.63, 3.8) is 0 Å². The molecule has 1 aliphatic rings. The lowest BCUT2D eigenvalue weighted by molar-refractivity contribution is -0.137. The van der Waals surface area contributed by atoms with Gasteiger partial charge in [-0.05, 0) is 62.3 Å². The molecule has 0 saturated heterocycles. The number of hydrogen-bond donors (Lipinski definition) is 2. The standard InChI is InChI=1S/C22H31F2NO3S/c23-17-11-13-21(19(24)15-17)29-14-6-5-8-18-16(10-12-20(18)25-28)7-3-1-2-4-9-22(26)27/h11,13,15-16,18,28H,1-10,12,14H2,(H,26,27)/b25-20-/t16-,18+/m0/s1. The smallest absolute Gasteiger partial charge is 0.303 e. The Kier molecular flexibility index (Phi) is 10.5. The summed E-state index contributed by atoms with van der Waals surface area (Å²) in [6.45, 7) is 0. The molecule has 0 aromatic heterocycles. The molecule has 1 aliphatic carbocycles. The first kappa shape index (κ1) is 23.6. The predicted molar refractivity (Wildman–Crippen MR) is 112 cm³/mol. The Balaban J connectivity index is 1.67. The van der Waals surface area contributed by atoms with Crippen LogP contribution in [-0.2, 0) is 4.79 Å². The summed E-state index contributed by atoms with van der Waals surface area (Å²) in [4.78, 5) is 11.0. The summed E-state index contributed by atoms with van der Waals surface area (Å²) in [5, 5.41) is 21.5. The second-order valence-corrected chi connectivity index (χ2v) is 8.90. The Morgan fingerprint density at radius 1 is 1.10 bits per heavy atom. The van der Waals surface area contributed by atoms with E-state index in [0.29, 0.717) is 16.7 Å². The molecule has 2 atom stereocenters. The van der Waals surface area contributed by atoms with Gasteiger partial charge in [-0.15, -0.1) is 11.8 Å². The number of thioether (sulfide) groups is 1. The van der Waals surface area contributed by atoms with Gasteiger partial charge in [-0.3, -0.25) is 4.79 Å². The largest absolute Gasteiger partial charge is 0.481 e. The first-order valence-electron chi connectivity index (χ1n) is 10.5. The molecule has 1 saturated carbocycles. The van der Waals surface area contributed by atoms with Gasteiger partial charge in [0.2, 0.25) is 0 Å². The number of carboxylic acid groups (broad SMARTS) is 1. The van der Waals surface area contributed by atoms with E-state index < -0.39 is 17.6 Å². The first-order chi connectivity index (χ1) is 14.0. The van der Waals surface area contributed by atoms with Crippen LogP contribution in [0.3, 0.4) is 0 Å². The number of halogens is 2. The molecule has 0 unspecified atom stereocenters. The minimum Gasteiger partial charge on any atom is -0.481 e. The van der Waals surface area contributed by atoms with Crippen molar-refractivity contribution < 1.29 is 23.9 Å². The molecular formula is C22H31F2NO3S. The van der Waals surface area contributed by atoms with Gasteiger partial charge < -0.3 is 10.3 Å². The van der Waals surface area contributed by atoms with Gasteiger partial charge in [0.05, 0.1) is 5.71 Å². The van der Waals surface area contributed by atoms with Gasteiger partial charge in [0.25, 0.3) is 0 Å². The van der Waals surface area contributed by atoms with E-state index in [1.54, 1.807) is 0 Å². The molecule has 0 spiro atoms. The van der Waals surface area contributed by atoms with Crippen molar-refractivity contribution in [2.45, 2.75) is 75.5 Å². The van der Waals surface area contributed by atoms with Crippen molar-refractivity contribution in [3.05, 3.63) is 29.8 Å². The van der Waals surface area contributed by atoms with Crippen LogP contribution in [0.2, 0.25) is 0 Å². The van der Waals surface area contributed by atoms with E-state index in [0.717, 1.165) is 81.7 Å². The third-order valence-corrected chi connectivity index (χ3v) is 6.81. The number of nitrogens with zero attached hydrogens (tertiary/aromatic N) is 1. The highest BCUT2D eigenvalue weighted by atomic mass is 32.2. The highest BCUT2D eigenvalue weighted by Crippen LogP contribution is 2.37. The molecule has 0 bridgehead atoms. The minimum absolute atomic E-state index is 0.243. The third kappa shape index (κ3) is 8.33. The second-order valence-electron chi connectivity index (χ2n) is 7.76. The number of benzene rings is 1. The zero-order valence-electron chi connectivity index (χ0n) is 16.8. The van der Waals surface area contributed by atoms with Crippen molar-refractivity contribution >= 4 is 23.4 Å². The van der Waals surface area contributed by atoms with Gasteiger partial charge in [-0.25, -0.2) is 8.78 Å². The van der Waals surface area contributed by atoms with E-state index in [1.165, 1.54) is 23.9 Å². The van der Waals surface area contributed by atoms with Gasteiger partial charge in [-0.2, -0.15) is 0 Å². The van der Waals surface area contributed by atoms with E-state index in [9.17, 15) is 18.8 Å². The number of carbonyl (C=O) groups is 1. The van der Waals surface area contributed by atoms with E-state index in [-0.39, 0.29) is 6.42 Å². The van der Waals surface area contributed by atoms with Crippen molar-refractivity contribution in [1.82, 2.24) is 0 Å². The number of unbranched alkanes of at least 4 members (excludes halogenated alkanes) is 4. The maximum atomic E-state index is 13.7. The monoisotopic (exact) mass is 427 g/mol. The fourth-order valence-corrected chi connectivity index (χ4v) is 5.07. The molecular weight excluding hydrogens is 396 g/mol. The van der Waals surface area contributed by atoms with E-state index >= 15 is 0 Å². The molecule has 0 amide bonds. The molecule has 2 N–H and O–H groups in total. The molecule has 0 radical (unpaired) electrons. The zero-order chi connectivity index (χ0) is 21.1. The lowest BCUT2D eigenvalue weighted by Gasteiger charge is -2.19. The van der Waals surface area contributed by atoms with Crippen LogP contribution in [-0.4, -0.2) is 27.7 Å². The molecule has 7 heteroatoms. The van der Waals surface area contributed by atoms with Gasteiger partial charge in [0, 0.05) is 23.3 Å². The molecule has 29 heavy (non-hydrogen) atoms. The summed E-state index contributed by atoms with van der Waals surface area (Å²) in [5.74, 6) is -0.186. The SMILES string of the molecule is O=C(O)CCCCCC[C@H]1CC/C(=N/O)[C@@H]1CCCCSc1ccc(F)cc1F. The van der Waals surface area contributed by atoms with Crippen LogP contribution in [0.15, 0.2) is 28.3 Å². The van der Waals surface area contributed by atoms with Crippen LogP contribution in [0.25, 0.3) is 0 Å². The molecule has 1 aromatic rings. The average molecular weight is 428 g/mol. The minimum atomic E-state index is -0.731. The van der Waals surface area contributed by atoms with Crippen molar-refractivity contribution in [1.29, 1.82) is 0 Å². The number of aliphatic carboxylic acids is 1. The molecule has 1 fully saturated rings. The fraction of sp³-hybridized carbons (Fsp3) is 0.636. The lowest BCUT2D eigenvalue weighted by Crippen LogP contribution is -2.15. The number of hydrogen-bond acceptors (Lipinski definition) is 4. The Hall–Kier alpha value is -1.63. The van der Waals surface area contributed by atoms with Crippen LogP contribution >= 0.6 is 11.8 Å². The Labute approximate surface area is 175 Å². The Morgan fingerprint density at radius 2 is 1.86 bits per heavy atom. The van der Waals surface area contributed by atoms with Crippen LogP contribution < -0.4 is 0 Å². The Bertz CT molecular complexity index is 684. The van der Waals surface area contributed by atoms with Gasteiger partial charge in [0.1, 0.15) is 11.6 Å². The summed E-state index contributed by atoms with van der Waals surface area (Å²) < 4.78 is 26.6. The highest BCUT2D eigenvalue weighted by Gasteiger charge is 2.32. The van der Waals surface area contributed by atoms with E-state index in [1.807, 2.05) is 0 Å². The highest BCUT2D eigenvalue weighted by molar-refractivity contribution is 7.99. The van der Waals surface area contributed by atoms with E-state index in [4.69, 9.17) is 5.11 Å². The molecule has 0 heterocycles. The number of carboxylic acids is 1. The summed E-state index contributed by atoms with van der Waals surface area (Å²) in [5.41, 5.74) is 0.901. The van der Waals surface area contributed by atoms with Crippen molar-refractivity contribution in [2.24, 2.45) is 17.0 Å². The average Bonchev–Trinajstić information content (AvgIpc) is 3.07. The molecule has 162 valence electrons. The Morgan fingerprint density at radius 3 is 2.59 bits per heavy atom.